The molecule has 3 aromatic carbocycles. The molecular weight excluding hydrogens is 435 g/mol. The number of urea groups is 2. The number of carbonyl (C=O) groups is 2. The number of rotatable bonds is 7. The van der Waals surface area contributed by atoms with Crippen molar-refractivity contribution in [1.82, 2.24) is 5.32 Å². The molecule has 0 bridgehead atoms. The third-order valence-electron chi connectivity index (χ3n) is 4.35. The van der Waals surface area contributed by atoms with Crippen LogP contribution < -0.4 is 20.9 Å². The van der Waals surface area contributed by atoms with Crippen LogP contribution in [0.2, 0.25) is 10.0 Å². The third-order valence-corrected chi connectivity index (χ3v) is 4.86. The van der Waals surface area contributed by atoms with Crippen molar-refractivity contribution in [3.05, 3.63) is 88.9 Å². The van der Waals surface area contributed by atoms with Gasteiger partial charge in [0.05, 0.1) is 0 Å². The summed E-state index contributed by atoms with van der Waals surface area (Å²) in [5.41, 5.74) is 2.06. The van der Waals surface area contributed by atoms with E-state index in [0.29, 0.717) is 40.9 Å². The Morgan fingerprint density at radius 3 is 1.87 bits per heavy atom. The largest absolute Gasteiger partial charge is 0.338 e. The fourth-order valence-electron chi connectivity index (χ4n) is 2.83. The molecule has 3 aromatic rings. The Bertz CT molecular complexity index is 996. The molecular formula is C23H22Cl2N4O2. The van der Waals surface area contributed by atoms with Crippen LogP contribution in [0.5, 0.6) is 0 Å². The van der Waals surface area contributed by atoms with Gasteiger partial charge in [-0.05, 0) is 67.1 Å². The summed E-state index contributed by atoms with van der Waals surface area (Å²) >= 11 is 11.7. The second-order valence-electron chi connectivity index (χ2n) is 6.67. The molecule has 0 aliphatic rings. The Morgan fingerprint density at radius 2 is 1.29 bits per heavy atom. The maximum absolute atomic E-state index is 12.9. The first-order chi connectivity index (χ1) is 15.0. The molecule has 0 saturated heterocycles. The van der Waals surface area contributed by atoms with Crippen molar-refractivity contribution in [2.75, 3.05) is 28.6 Å². The maximum Gasteiger partial charge on any atom is 0.326 e. The van der Waals surface area contributed by atoms with Gasteiger partial charge in [-0.25, -0.2) is 9.59 Å². The monoisotopic (exact) mass is 456 g/mol. The molecule has 0 fully saturated rings. The summed E-state index contributed by atoms with van der Waals surface area (Å²) in [5, 5.41) is 9.60. The van der Waals surface area contributed by atoms with Crippen LogP contribution in [-0.2, 0) is 0 Å². The van der Waals surface area contributed by atoms with Crippen LogP contribution in [0.3, 0.4) is 0 Å². The van der Waals surface area contributed by atoms with Gasteiger partial charge >= 0.3 is 12.1 Å². The minimum Gasteiger partial charge on any atom is -0.338 e. The molecule has 31 heavy (non-hydrogen) atoms. The molecule has 3 rings (SSSR count). The molecule has 0 heterocycles. The SMILES string of the molecule is O=C(NCCCN(C(=O)Nc1ccc(Cl)cc1)c1ccccc1)Nc1ccc(Cl)cc1. The molecule has 0 spiro atoms. The van der Waals surface area contributed by atoms with Crippen molar-refractivity contribution in [3.8, 4) is 0 Å². The van der Waals surface area contributed by atoms with Gasteiger partial charge in [0.2, 0.25) is 0 Å². The molecule has 3 N–H and O–H groups in total. The Morgan fingerprint density at radius 1 is 0.742 bits per heavy atom. The smallest absolute Gasteiger partial charge is 0.326 e. The van der Waals surface area contributed by atoms with E-state index < -0.39 is 0 Å². The molecule has 0 aliphatic carbocycles. The van der Waals surface area contributed by atoms with Crippen LogP contribution in [-0.4, -0.2) is 25.2 Å². The van der Waals surface area contributed by atoms with Gasteiger partial charge < -0.3 is 16.0 Å². The van der Waals surface area contributed by atoms with Crippen LogP contribution in [0.25, 0.3) is 0 Å². The highest BCUT2D eigenvalue weighted by atomic mass is 35.5. The van der Waals surface area contributed by atoms with Crippen LogP contribution in [0.4, 0.5) is 26.7 Å². The summed E-state index contributed by atoms with van der Waals surface area (Å²) in [6.45, 7) is 0.821. The average Bonchev–Trinajstić information content (AvgIpc) is 2.77. The van der Waals surface area contributed by atoms with Crippen molar-refractivity contribution >= 4 is 52.3 Å². The third kappa shape index (κ3) is 7.20. The number of nitrogens with one attached hydrogen (secondary N) is 3. The van der Waals surface area contributed by atoms with Gasteiger partial charge in [-0.1, -0.05) is 41.4 Å². The molecule has 0 atom stereocenters. The highest BCUT2D eigenvalue weighted by molar-refractivity contribution is 6.31. The second-order valence-corrected chi connectivity index (χ2v) is 7.54. The van der Waals surface area contributed by atoms with E-state index in [1.54, 1.807) is 53.4 Å². The van der Waals surface area contributed by atoms with Crippen molar-refractivity contribution in [2.24, 2.45) is 0 Å². The highest BCUT2D eigenvalue weighted by Crippen LogP contribution is 2.18. The van der Waals surface area contributed by atoms with E-state index in [2.05, 4.69) is 16.0 Å². The van der Waals surface area contributed by atoms with Gasteiger partial charge in [0.25, 0.3) is 0 Å². The molecule has 4 amide bonds. The summed E-state index contributed by atoms with van der Waals surface area (Å²) < 4.78 is 0. The number of hydrogen-bond donors (Lipinski definition) is 3. The lowest BCUT2D eigenvalue weighted by molar-refractivity contribution is 0.252. The summed E-state index contributed by atoms with van der Waals surface area (Å²) in [6.07, 6.45) is 0.566. The molecule has 0 aliphatic heterocycles. The van der Waals surface area contributed by atoms with Crippen LogP contribution in [0, 0.1) is 0 Å². The van der Waals surface area contributed by atoms with Gasteiger partial charge in [0, 0.05) is 40.2 Å². The molecule has 0 radical (unpaired) electrons. The van der Waals surface area contributed by atoms with Crippen LogP contribution in [0.1, 0.15) is 6.42 Å². The van der Waals surface area contributed by atoms with Crippen molar-refractivity contribution < 1.29 is 9.59 Å². The topological polar surface area (TPSA) is 73.5 Å². The van der Waals surface area contributed by atoms with Gasteiger partial charge in [0.15, 0.2) is 0 Å². The van der Waals surface area contributed by atoms with Crippen LogP contribution >= 0.6 is 23.2 Å². The minimum atomic E-state index is -0.320. The molecule has 0 aromatic heterocycles. The zero-order valence-electron chi connectivity index (χ0n) is 16.6. The number of nitrogens with zero attached hydrogens (tertiary/aromatic N) is 1. The lowest BCUT2D eigenvalue weighted by Gasteiger charge is -2.23. The van der Waals surface area contributed by atoms with Gasteiger partial charge in [-0.2, -0.15) is 0 Å². The Hall–Kier alpha value is -3.22. The van der Waals surface area contributed by atoms with E-state index in [4.69, 9.17) is 23.2 Å². The molecule has 160 valence electrons. The number of carbonyl (C=O) groups excluding carboxylic acids is 2. The number of hydrogen-bond acceptors (Lipinski definition) is 2. The van der Waals surface area contributed by atoms with Crippen molar-refractivity contribution in [2.45, 2.75) is 6.42 Å². The predicted molar refractivity (Wildman–Crippen MR) is 127 cm³/mol. The molecule has 0 unspecified atom stereocenters. The van der Waals surface area contributed by atoms with E-state index in [1.165, 1.54) is 0 Å². The zero-order valence-corrected chi connectivity index (χ0v) is 18.2. The van der Waals surface area contributed by atoms with E-state index in [-0.39, 0.29) is 12.1 Å². The van der Waals surface area contributed by atoms with Gasteiger partial charge in [-0.15, -0.1) is 0 Å². The highest BCUT2D eigenvalue weighted by Gasteiger charge is 2.15. The van der Waals surface area contributed by atoms with E-state index in [9.17, 15) is 9.59 Å². The number of benzene rings is 3. The Balaban J connectivity index is 1.54. The lowest BCUT2D eigenvalue weighted by atomic mass is 10.2. The minimum absolute atomic E-state index is 0.265. The van der Waals surface area contributed by atoms with Gasteiger partial charge in [-0.3, -0.25) is 4.90 Å². The number of para-hydroxylation sites is 1. The zero-order chi connectivity index (χ0) is 22.1. The first-order valence-electron chi connectivity index (χ1n) is 9.71. The normalized spacial score (nSPS) is 10.3. The number of anilines is 3. The standard InChI is InChI=1S/C23H22Cl2N4O2/c24-17-7-11-19(12-8-17)27-22(30)26-15-4-16-29(21-5-2-1-3-6-21)23(31)28-20-13-9-18(25)10-14-20/h1-3,5-14H,4,15-16H2,(H,28,31)(H2,26,27,30). The summed E-state index contributed by atoms with van der Waals surface area (Å²) in [7, 11) is 0. The van der Waals surface area contributed by atoms with Crippen molar-refractivity contribution in [1.29, 1.82) is 0 Å². The first kappa shape index (κ1) is 22.5. The quantitative estimate of drug-likeness (QED) is 0.367. The maximum atomic E-state index is 12.9. The fourth-order valence-corrected chi connectivity index (χ4v) is 3.08. The van der Waals surface area contributed by atoms with E-state index >= 15 is 0 Å². The number of amides is 4. The predicted octanol–water partition coefficient (Wildman–Crippen LogP) is 6.24. The molecule has 0 saturated carbocycles. The Labute approximate surface area is 191 Å². The summed E-state index contributed by atoms with van der Waals surface area (Å²) in [5.74, 6) is 0. The molecule has 6 nitrogen and oxygen atoms in total. The fraction of sp³-hybridized carbons (Fsp3) is 0.130. The van der Waals surface area contributed by atoms with Gasteiger partial charge in [0.1, 0.15) is 0 Å². The van der Waals surface area contributed by atoms with Crippen LogP contribution in [0.15, 0.2) is 78.9 Å². The molecule has 8 heteroatoms. The van der Waals surface area contributed by atoms with E-state index in [1.807, 2.05) is 30.3 Å². The van der Waals surface area contributed by atoms with E-state index in [0.717, 1.165) is 5.69 Å². The first-order valence-corrected chi connectivity index (χ1v) is 10.5. The average molecular weight is 457 g/mol. The Kier molecular flexibility index (Phi) is 8.15. The number of halogens is 2. The summed E-state index contributed by atoms with van der Waals surface area (Å²) in [4.78, 5) is 26.6. The van der Waals surface area contributed by atoms with Crippen molar-refractivity contribution in [3.63, 3.8) is 0 Å². The second kappa shape index (κ2) is 11.2. The summed E-state index contributed by atoms with van der Waals surface area (Å²) in [6, 6.07) is 22.5. The lowest BCUT2D eigenvalue weighted by Crippen LogP contribution is -2.38.